The average molecular weight is 1280 g/mol. The van der Waals surface area contributed by atoms with Gasteiger partial charge in [-0.3, -0.25) is 24.9 Å². The van der Waals surface area contributed by atoms with Crippen molar-refractivity contribution in [2.45, 2.75) is 65.2 Å². The van der Waals surface area contributed by atoms with Crippen LogP contribution in [0, 0.1) is 0 Å². The number of β-lactam (4-membered cyclic amide) rings is 1. The number of aromatic amines is 1. The fourth-order valence-corrected chi connectivity index (χ4v) is 16.7. The van der Waals surface area contributed by atoms with Gasteiger partial charge >= 0.3 is 12.1 Å². The highest BCUT2D eigenvalue weighted by Crippen LogP contribution is 2.56. The molecule has 91 heavy (non-hydrogen) atoms. The summed E-state index contributed by atoms with van der Waals surface area (Å²) >= 11 is 5.62. The molecule has 0 bridgehead atoms. The Bertz CT molecular complexity index is 3940. The molecule has 19 heteroatoms. The van der Waals surface area contributed by atoms with Crippen molar-refractivity contribution in [2.75, 3.05) is 11.1 Å². The first kappa shape index (κ1) is 61.7. The van der Waals surface area contributed by atoms with Crippen LogP contribution in [0.4, 0.5) is 9.93 Å². The van der Waals surface area contributed by atoms with Gasteiger partial charge in [-0.1, -0.05) is 253 Å². The molecule has 15 nitrogen and oxygen atoms in total. The molecule has 1 saturated heterocycles. The van der Waals surface area contributed by atoms with Crippen molar-refractivity contribution in [3.63, 3.8) is 0 Å². The van der Waals surface area contributed by atoms with E-state index in [0.717, 1.165) is 44.8 Å². The molecule has 0 radical (unpaired) electrons. The average Bonchev–Trinajstić information content (AvgIpc) is 0.936. The van der Waals surface area contributed by atoms with Crippen molar-refractivity contribution in [3.8, 4) is 0 Å². The Balaban J connectivity index is 0.965. The Hall–Kier alpha value is -9.53. The number of carbonyl (C=O) groups is 4. The Labute approximate surface area is 544 Å². The molecular weight excluding hydrogens is 1220 g/mol. The standard InChI is InChI=1S/C72H62N8O7S4/c1-70(2,3)86-69(84)76-68-74-57(46-90-68)59(78-87-72(53-38-22-9-23-39-53,54-40-24-10-25-41-54)55-42-26-11-27-43-55)63(81)75-60-64(82)80-61(66(83)85-62(48-28-12-4-13-29-48)49-30-14-5-15-31-49)58(47-88-65(60)80)91-67(89-45-56-44-73-79-77-56)71(50-32-16-6-17-33-50,51-34-18-7-19-35-51)52-36-20-8-21-37-52/h4-44,46,60,62,65,67H,45,47H2,1-3H3,(H,75,81)(H,73,77,79)(H,74,76,84)/b78-59+/t60-,65-,67?/m1/s1. The topological polar surface area (TPSA) is 190 Å². The number of benzene rings is 8. The van der Waals surface area contributed by atoms with Gasteiger partial charge in [0.25, 0.3) is 11.8 Å². The van der Waals surface area contributed by atoms with E-state index in [0.29, 0.717) is 27.3 Å². The molecule has 8 aromatic carbocycles. The Morgan fingerprint density at radius 2 is 1.14 bits per heavy atom. The number of hydrogen-bond acceptors (Lipinski definition) is 15. The maximum Gasteiger partial charge on any atom is 0.413 e. The molecule has 0 aliphatic carbocycles. The molecule has 1 unspecified atom stereocenters. The van der Waals surface area contributed by atoms with Gasteiger partial charge in [0.05, 0.1) is 15.7 Å². The number of hydrogen-bond donors (Lipinski definition) is 3. The smallest absolute Gasteiger partial charge is 0.413 e. The molecule has 3 atom stereocenters. The zero-order valence-corrected chi connectivity index (χ0v) is 53.0. The number of H-pyrrole nitrogens is 1. The van der Waals surface area contributed by atoms with Crippen LogP contribution in [0.5, 0.6) is 0 Å². The molecule has 12 rings (SSSR count). The van der Waals surface area contributed by atoms with E-state index in [1.165, 1.54) is 28.4 Å². The Morgan fingerprint density at radius 3 is 1.60 bits per heavy atom. The van der Waals surface area contributed by atoms with E-state index >= 15 is 14.4 Å². The lowest BCUT2D eigenvalue weighted by molar-refractivity contribution is -0.154. The molecular formula is C72H62N8O7S4. The monoisotopic (exact) mass is 1280 g/mol. The number of aromatic nitrogens is 4. The molecule has 10 aromatic rings. The normalized spacial score (nSPS) is 15.5. The number of anilines is 1. The summed E-state index contributed by atoms with van der Waals surface area (Å²) < 4.78 is 11.9. The first-order valence-corrected chi connectivity index (χ1v) is 33.2. The molecule has 456 valence electrons. The zero-order valence-electron chi connectivity index (χ0n) is 49.7. The number of oxime groups is 1. The molecule has 2 aromatic heterocycles. The molecule has 0 saturated carbocycles. The van der Waals surface area contributed by atoms with Crippen LogP contribution >= 0.6 is 46.6 Å². The van der Waals surface area contributed by atoms with Crippen LogP contribution in [0.25, 0.3) is 0 Å². The third-order valence-electron chi connectivity index (χ3n) is 15.4. The predicted molar refractivity (Wildman–Crippen MR) is 360 cm³/mol. The highest BCUT2D eigenvalue weighted by atomic mass is 32.2. The number of ether oxygens (including phenoxy) is 2. The molecule has 4 heterocycles. The lowest BCUT2D eigenvalue weighted by atomic mass is 9.70. The fraction of sp³-hybridized carbons (Fsp3) is 0.167. The van der Waals surface area contributed by atoms with E-state index in [9.17, 15) is 4.79 Å². The zero-order chi connectivity index (χ0) is 62.8. The van der Waals surface area contributed by atoms with E-state index in [1.54, 1.807) is 44.1 Å². The van der Waals surface area contributed by atoms with Crippen molar-refractivity contribution < 1.29 is 33.5 Å². The van der Waals surface area contributed by atoms with Crippen molar-refractivity contribution >= 4 is 81.3 Å². The summed E-state index contributed by atoms with van der Waals surface area (Å²) in [5.74, 6) is -1.43. The minimum atomic E-state index is -1.43. The van der Waals surface area contributed by atoms with Gasteiger partial charge in [0.1, 0.15) is 28.4 Å². The second kappa shape index (κ2) is 27.7. The SMILES string of the molecule is CC(C)(C)OC(=O)Nc1nc(/C(=N\OC(c2ccccc2)(c2ccccc2)c2ccccc2)C(=O)N[C@@H]2C(=O)N3C(C(=O)OC(c4ccccc4)c4ccccc4)=C(SC(SCc4c[nH]nn4)C(c4ccccc4)(c4ccccc4)c4ccccc4)CS[C@H]23)cs1. The van der Waals surface area contributed by atoms with Gasteiger partial charge in [0.15, 0.2) is 16.9 Å². The van der Waals surface area contributed by atoms with Gasteiger partial charge in [-0.2, -0.15) is 0 Å². The van der Waals surface area contributed by atoms with E-state index in [-0.39, 0.29) is 28.0 Å². The summed E-state index contributed by atoms with van der Waals surface area (Å²) in [5, 5.41) is 22.7. The van der Waals surface area contributed by atoms with Gasteiger partial charge in [-0.25, -0.2) is 14.6 Å². The lowest BCUT2D eigenvalue weighted by Gasteiger charge is -2.50. The van der Waals surface area contributed by atoms with Crippen LogP contribution in [0.2, 0.25) is 0 Å². The third-order valence-corrected chi connectivity index (χ3v) is 20.6. The first-order valence-electron chi connectivity index (χ1n) is 29.4. The summed E-state index contributed by atoms with van der Waals surface area (Å²) in [4.78, 5) is 73.8. The summed E-state index contributed by atoms with van der Waals surface area (Å²) in [6, 6.07) is 77.5. The van der Waals surface area contributed by atoms with Gasteiger partial charge in [-0.15, -0.1) is 51.7 Å². The fourth-order valence-electron chi connectivity index (χ4n) is 11.3. The van der Waals surface area contributed by atoms with E-state index in [1.807, 2.05) is 206 Å². The first-order chi connectivity index (χ1) is 44.4. The minimum Gasteiger partial charge on any atom is -0.448 e. The molecule has 2 aliphatic heterocycles. The maximum absolute atomic E-state index is 15.9. The van der Waals surface area contributed by atoms with Crippen LogP contribution in [0.1, 0.15) is 82.8 Å². The molecule has 2 aliphatic rings. The summed E-state index contributed by atoms with van der Waals surface area (Å²) in [6.45, 7) is 5.24. The number of thiazole rings is 1. The Morgan fingerprint density at radius 1 is 0.670 bits per heavy atom. The number of nitrogens with one attached hydrogen (secondary N) is 3. The van der Waals surface area contributed by atoms with Gasteiger partial charge < -0.3 is 19.6 Å². The number of nitrogens with zero attached hydrogens (tertiary/aromatic N) is 5. The van der Waals surface area contributed by atoms with Crippen LogP contribution in [-0.2, 0) is 45.5 Å². The van der Waals surface area contributed by atoms with Crippen molar-refractivity contribution in [2.24, 2.45) is 5.16 Å². The summed E-state index contributed by atoms with van der Waals surface area (Å²) in [7, 11) is 0. The van der Waals surface area contributed by atoms with Crippen LogP contribution < -0.4 is 10.6 Å². The lowest BCUT2D eigenvalue weighted by Crippen LogP contribution is -2.71. The van der Waals surface area contributed by atoms with E-state index in [2.05, 4.69) is 62.4 Å². The second-order valence-corrected chi connectivity index (χ2v) is 26.9. The minimum absolute atomic E-state index is 0.0418. The third kappa shape index (κ3) is 13.2. The summed E-state index contributed by atoms with van der Waals surface area (Å²) in [5.41, 5.74) is 3.98. The van der Waals surface area contributed by atoms with Gasteiger partial charge in [0, 0.05) is 44.7 Å². The van der Waals surface area contributed by atoms with Crippen molar-refractivity contribution in [1.29, 1.82) is 0 Å². The number of fused-ring (bicyclic) bond motifs is 1. The maximum atomic E-state index is 15.9. The Kier molecular flexibility index (Phi) is 18.8. The van der Waals surface area contributed by atoms with Crippen molar-refractivity contribution in [1.82, 2.24) is 30.6 Å². The quantitative estimate of drug-likeness (QED) is 0.0145. The summed E-state index contributed by atoms with van der Waals surface area (Å²) in [6.07, 6.45) is 0.156. The number of amides is 3. The largest absolute Gasteiger partial charge is 0.448 e. The number of carbonyl (C=O) groups excluding carboxylic acids is 4. The highest BCUT2D eigenvalue weighted by molar-refractivity contribution is 8.19. The molecule has 3 amide bonds. The number of thioether (sulfide) groups is 3. The highest BCUT2D eigenvalue weighted by Gasteiger charge is 2.56. The molecule has 3 N–H and O–H groups in total. The van der Waals surface area contributed by atoms with E-state index < -0.39 is 62.6 Å². The molecule has 1 fully saturated rings. The van der Waals surface area contributed by atoms with Crippen LogP contribution in [0.15, 0.2) is 270 Å². The van der Waals surface area contributed by atoms with Crippen LogP contribution in [-0.4, -0.2) is 82.2 Å². The predicted octanol–water partition coefficient (Wildman–Crippen LogP) is 14.3. The number of rotatable bonds is 22. The van der Waals surface area contributed by atoms with Crippen LogP contribution in [0.3, 0.4) is 0 Å². The molecule has 0 spiro atoms. The number of esters is 1. The van der Waals surface area contributed by atoms with Gasteiger partial charge in [-0.05, 0) is 48.6 Å². The second-order valence-electron chi connectivity index (χ2n) is 22.3. The van der Waals surface area contributed by atoms with Gasteiger partial charge in [0.2, 0.25) is 5.60 Å². The van der Waals surface area contributed by atoms with E-state index in [4.69, 9.17) is 24.5 Å². The van der Waals surface area contributed by atoms with Crippen molar-refractivity contribution in [3.05, 3.63) is 321 Å².